The number of hydrogen-bond acceptors (Lipinski definition) is 4. The second-order valence-electron chi connectivity index (χ2n) is 5.51. The van der Waals surface area contributed by atoms with Crippen molar-refractivity contribution in [2.75, 3.05) is 24.6 Å². The van der Waals surface area contributed by atoms with Crippen LogP contribution in [0.25, 0.3) is 0 Å². The maximum absolute atomic E-state index is 12.2. The van der Waals surface area contributed by atoms with Crippen LogP contribution in [0, 0.1) is 5.92 Å². The topological polar surface area (TPSA) is 65.5 Å². The van der Waals surface area contributed by atoms with Crippen LogP contribution in [0.5, 0.6) is 0 Å². The van der Waals surface area contributed by atoms with Gasteiger partial charge in [-0.15, -0.1) is 0 Å². The van der Waals surface area contributed by atoms with Crippen LogP contribution in [0.2, 0.25) is 0 Å². The molecule has 1 amide bonds. The predicted molar refractivity (Wildman–Crippen MR) is 83.5 cm³/mol. The Balaban J connectivity index is 1.98. The molecule has 1 atom stereocenters. The van der Waals surface area contributed by atoms with E-state index in [1.165, 1.54) is 0 Å². The number of nitrogens with zero attached hydrogens (tertiary/aromatic N) is 2. The van der Waals surface area contributed by atoms with Gasteiger partial charge in [0.15, 0.2) is 0 Å². The fourth-order valence-electron chi connectivity index (χ4n) is 2.57. The second kappa shape index (κ2) is 7.41. The number of hydrogen-bond donors (Lipinski definition) is 2. The van der Waals surface area contributed by atoms with Gasteiger partial charge in [0.2, 0.25) is 0 Å². The van der Waals surface area contributed by atoms with Crippen LogP contribution >= 0.6 is 0 Å². The third-order valence-corrected chi connectivity index (χ3v) is 4.05. The van der Waals surface area contributed by atoms with E-state index in [4.69, 9.17) is 5.11 Å². The Morgan fingerprint density at radius 1 is 1.43 bits per heavy atom. The SMILES string of the molecule is CCN(CC)c1ccc(C(=O)NC(CCO)C2CC2)cn1. The van der Waals surface area contributed by atoms with Gasteiger partial charge in [-0.05, 0) is 51.2 Å². The molecule has 0 radical (unpaired) electrons. The lowest BCUT2D eigenvalue weighted by Crippen LogP contribution is -2.37. The minimum atomic E-state index is -0.0982. The molecule has 2 rings (SSSR count). The van der Waals surface area contributed by atoms with Crippen molar-refractivity contribution in [1.82, 2.24) is 10.3 Å². The molecular formula is C16H25N3O2. The lowest BCUT2D eigenvalue weighted by atomic mass is 10.1. The van der Waals surface area contributed by atoms with E-state index in [1.807, 2.05) is 12.1 Å². The summed E-state index contributed by atoms with van der Waals surface area (Å²) in [5.74, 6) is 1.33. The van der Waals surface area contributed by atoms with E-state index < -0.39 is 0 Å². The zero-order valence-electron chi connectivity index (χ0n) is 12.9. The molecule has 5 nitrogen and oxygen atoms in total. The molecule has 0 saturated heterocycles. The molecule has 1 unspecified atom stereocenters. The van der Waals surface area contributed by atoms with Crippen molar-refractivity contribution < 1.29 is 9.90 Å². The fraction of sp³-hybridized carbons (Fsp3) is 0.625. The normalized spacial score (nSPS) is 15.6. The molecule has 2 N–H and O–H groups in total. The average molecular weight is 291 g/mol. The highest BCUT2D eigenvalue weighted by molar-refractivity contribution is 5.94. The maximum Gasteiger partial charge on any atom is 0.253 e. The molecule has 1 aliphatic rings. The van der Waals surface area contributed by atoms with Gasteiger partial charge in [0.1, 0.15) is 5.82 Å². The minimum absolute atomic E-state index is 0.0879. The molecule has 0 bridgehead atoms. The molecule has 5 heteroatoms. The summed E-state index contributed by atoms with van der Waals surface area (Å²) in [6, 6.07) is 3.80. The number of anilines is 1. The van der Waals surface area contributed by atoms with Crippen molar-refractivity contribution in [1.29, 1.82) is 0 Å². The summed E-state index contributed by atoms with van der Waals surface area (Å²) in [4.78, 5) is 18.7. The number of carbonyl (C=O) groups is 1. The first kappa shape index (κ1) is 15.8. The van der Waals surface area contributed by atoms with Crippen LogP contribution in [0.3, 0.4) is 0 Å². The average Bonchev–Trinajstić information content (AvgIpc) is 3.33. The molecule has 1 aliphatic carbocycles. The quantitative estimate of drug-likeness (QED) is 0.767. The van der Waals surface area contributed by atoms with Gasteiger partial charge in [-0.2, -0.15) is 0 Å². The summed E-state index contributed by atoms with van der Waals surface area (Å²) < 4.78 is 0. The Kier molecular flexibility index (Phi) is 5.56. The summed E-state index contributed by atoms with van der Waals surface area (Å²) in [5, 5.41) is 12.1. The Morgan fingerprint density at radius 2 is 2.14 bits per heavy atom. The van der Waals surface area contributed by atoms with Crippen LogP contribution in [-0.4, -0.2) is 41.7 Å². The number of amides is 1. The first-order valence-corrected chi connectivity index (χ1v) is 7.82. The van der Waals surface area contributed by atoms with Crippen molar-refractivity contribution in [2.24, 2.45) is 5.92 Å². The number of pyridine rings is 1. The molecule has 1 aromatic rings. The number of nitrogens with one attached hydrogen (secondary N) is 1. The van der Waals surface area contributed by atoms with Crippen molar-refractivity contribution in [3.05, 3.63) is 23.9 Å². The van der Waals surface area contributed by atoms with Gasteiger partial charge in [-0.25, -0.2) is 4.98 Å². The Bertz CT molecular complexity index is 453. The Morgan fingerprint density at radius 3 is 2.62 bits per heavy atom. The summed E-state index contributed by atoms with van der Waals surface area (Å²) in [5.41, 5.74) is 0.578. The second-order valence-corrected chi connectivity index (χ2v) is 5.51. The molecule has 21 heavy (non-hydrogen) atoms. The van der Waals surface area contributed by atoms with Gasteiger partial charge < -0.3 is 15.3 Å². The van der Waals surface area contributed by atoms with Gasteiger partial charge in [0.25, 0.3) is 5.91 Å². The third kappa shape index (κ3) is 4.17. The van der Waals surface area contributed by atoms with Gasteiger partial charge in [-0.1, -0.05) is 0 Å². The standard InChI is InChI=1S/C16H25N3O2/c1-3-19(4-2)15-8-7-13(11-17-15)16(21)18-14(9-10-20)12-5-6-12/h7-8,11-12,14,20H,3-6,9-10H2,1-2H3,(H,18,21). The summed E-state index contributed by atoms with van der Waals surface area (Å²) in [7, 11) is 0. The molecular weight excluding hydrogens is 266 g/mol. The Hall–Kier alpha value is -1.62. The lowest BCUT2D eigenvalue weighted by Gasteiger charge is -2.20. The minimum Gasteiger partial charge on any atom is -0.396 e. The van der Waals surface area contributed by atoms with Crippen LogP contribution in [0.4, 0.5) is 5.82 Å². The third-order valence-electron chi connectivity index (χ3n) is 4.05. The highest BCUT2D eigenvalue weighted by atomic mass is 16.3. The largest absolute Gasteiger partial charge is 0.396 e. The fourth-order valence-corrected chi connectivity index (χ4v) is 2.57. The van der Waals surface area contributed by atoms with Crippen LogP contribution in [0.15, 0.2) is 18.3 Å². The number of aliphatic hydroxyl groups is 1. The van der Waals surface area contributed by atoms with Gasteiger partial charge in [0, 0.05) is 31.9 Å². The van der Waals surface area contributed by atoms with Crippen molar-refractivity contribution >= 4 is 11.7 Å². The van der Waals surface area contributed by atoms with E-state index in [1.54, 1.807) is 6.20 Å². The number of aliphatic hydroxyl groups excluding tert-OH is 1. The smallest absolute Gasteiger partial charge is 0.253 e. The number of carbonyl (C=O) groups excluding carboxylic acids is 1. The summed E-state index contributed by atoms with van der Waals surface area (Å²) in [6.07, 6.45) is 4.54. The lowest BCUT2D eigenvalue weighted by molar-refractivity contribution is 0.0924. The monoisotopic (exact) mass is 291 g/mol. The molecule has 0 aromatic carbocycles. The van der Waals surface area contributed by atoms with Crippen molar-refractivity contribution in [3.8, 4) is 0 Å². The van der Waals surface area contributed by atoms with Crippen molar-refractivity contribution in [3.63, 3.8) is 0 Å². The molecule has 1 fully saturated rings. The number of rotatable bonds is 8. The van der Waals surface area contributed by atoms with E-state index in [2.05, 4.69) is 29.0 Å². The van der Waals surface area contributed by atoms with E-state index in [9.17, 15) is 4.79 Å². The first-order chi connectivity index (χ1) is 10.2. The zero-order valence-corrected chi connectivity index (χ0v) is 12.9. The highest BCUT2D eigenvalue weighted by Gasteiger charge is 2.31. The molecule has 1 saturated carbocycles. The van der Waals surface area contributed by atoms with Crippen molar-refractivity contribution in [2.45, 2.75) is 39.2 Å². The maximum atomic E-state index is 12.2. The van der Waals surface area contributed by atoms with Crippen LogP contribution < -0.4 is 10.2 Å². The zero-order chi connectivity index (χ0) is 15.2. The van der Waals surface area contributed by atoms with E-state index in [0.29, 0.717) is 17.9 Å². The summed E-state index contributed by atoms with van der Waals surface area (Å²) in [6.45, 7) is 6.08. The van der Waals surface area contributed by atoms with Gasteiger partial charge in [-0.3, -0.25) is 4.79 Å². The highest BCUT2D eigenvalue weighted by Crippen LogP contribution is 2.34. The first-order valence-electron chi connectivity index (χ1n) is 7.82. The molecule has 0 spiro atoms. The van der Waals surface area contributed by atoms with E-state index in [-0.39, 0.29) is 18.6 Å². The van der Waals surface area contributed by atoms with Gasteiger partial charge in [0.05, 0.1) is 5.56 Å². The van der Waals surface area contributed by atoms with Crippen LogP contribution in [0.1, 0.15) is 43.5 Å². The molecule has 1 aromatic heterocycles. The summed E-state index contributed by atoms with van der Waals surface area (Å²) >= 11 is 0. The van der Waals surface area contributed by atoms with Crippen LogP contribution in [-0.2, 0) is 0 Å². The molecule has 1 heterocycles. The van der Waals surface area contributed by atoms with Gasteiger partial charge >= 0.3 is 0 Å². The van der Waals surface area contributed by atoms with E-state index in [0.717, 1.165) is 31.7 Å². The van der Waals surface area contributed by atoms with E-state index >= 15 is 0 Å². The molecule has 0 aliphatic heterocycles. The predicted octanol–water partition coefficient (Wildman–Crippen LogP) is 1.82. The molecule has 116 valence electrons. The Labute approximate surface area is 126 Å². The number of aromatic nitrogens is 1.